The average molecular weight is 282 g/mol. The highest BCUT2D eigenvalue weighted by atomic mass is 19.4. The number of aliphatic hydroxyl groups excluding tert-OH is 1. The molecule has 2 N–H and O–H groups in total. The molecule has 0 radical (unpaired) electrons. The van der Waals surface area contributed by atoms with Crippen LogP contribution in [0.5, 0.6) is 0 Å². The topological polar surface area (TPSA) is 93.2 Å². The Hall–Kier alpha value is -1.84. The Balaban J connectivity index is 2.97. The molecular weight excluding hydrogens is 269 g/mol. The van der Waals surface area contributed by atoms with E-state index in [-0.39, 0.29) is 18.1 Å². The van der Waals surface area contributed by atoms with Crippen molar-refractivity contribution in [1.29, 1.82) is 0 Å². The van der Waals surface area contributed by atoms with Gasteiger partial charge in [0, 0.05) is 6.54 Å². The normalized spacial score (nSPS) is 13.4. The number of aromatic nitrogens is 2. The van der Waals surface area contributed by atoms with Crippen molar-refractivity contribution in [2.24, 2.45) is 0 Å². The molecule has 0 fully saturated rings. The van der Waals surface area contributed by atoms with Crippen molar-refractivity contribution in [2.75, 3.05) is 11.9 Å². The van der Waals surface area contributed by atoms with Gasteiger partial charge in [0.25, 0.3) is 0 Å². The second-order valence-corrected chi connectivity index (χ2v) is 3.79. The van der Waals surface area contributed by atoms with E-state index < -0.39 is 29.4 Å². The summed E-state index contributed by atoms with van der Waals surface area (Å²) < 4.78 is 37.6. The van der Waals surface area contributed by atoms with E-state index in [4.69, 9.17) is 5.11 Å². The van der Waals surface area contributed by atoms with Crippen molar-refractivity contribution in [2.45, 2.75) is 32.7 Å². The number of hydrogen-bond donors (Lipinski definition) is 2. The summed E-state index contributed by atoms with van der Waals surface area (Å²) >= 11 is 0. The number of hydrogen-bond acceptors (Lipinski definition) is 5. The summed E-state index contributed by atoms with van der Waals surface area (Å²) in [5.41, 5.74) is -0.299. The predicted octanol–water partition coefficient (Wildman–Crippen LogP) is 1.45. The lowest BCUT2D eigenvalue weighted by atomic mass is 10.3. The summed E-state index contributed by atoms with van der Waals surface area (Å²) in [6, 6.07) is 0. The number of aryl methyl sites for hydroxylation is 2. The molecule has 1 atom stereocenters. The number of alkyl halides is 3. The molecule has 0 amide bonds. The van der Waals surface area contributed by atoms with Crippen molar-refractivity contribution in [3.05, 3.63) is 15.8 Å². The molecule has 0 saturated heterocycles. The van der Waals surface area contributed by atoms with Gasteiger partial charge in [0.05, 0.1) is 11.5 Å². The first-order valence-electron chi connectivity index (χ1n) is 5.38. The zero-order valence-electron chi connectivity index (χ0n) is 10.2. The van der Waals surface area contributed by atoms with Crippen LogP contribution in [0.2, 0.25) is 0 Å². The molecule has 0 aromatic carbocycles. The largest absolute Gasteiger partial charge is 0.416 e. The lowest BCUT2D eigenvalue weighted by molar-refractivity contribution is -0.384. The average Bonchev–Trinajstić information content (AvgIpc) is 2.60. The fourth-order valence-corrected chi connectivity index (χ4v) is 1.50. The summed E-state index contributed by atoms with van der Waals surface area (Å²) in [5, 5.41) is 25.8. The van der Waals surface area contributed by atoms with Gasteiger partial charge < -0.3 is 10.4 Å². The van der Waals surface area contributed by atoms with Crippen LogP contribution in [0, 0.1) is 17.0 Å². The summed E-state index contributed by atoms with van der Waals surface area (Å²) in [5.74, 6) is -0.145. The molecule has 7 nitrogen and oxygen atoms in total. The number of nitro groups is 1. The van der Waals surface area contributed by atoms with Crippen LogP contribution in [-0.2, 0) is 6.54 Å². The predicted molar refractivity (Wildman–Crippen MR) is 59.8 cm³/mol. The van der Waals surface area contributed by atoms with Gasteiger partial charge in [-0.1, -0.05) is 0 Å². The van der Waals surface area contributed by atoms with Crippen LogP contribution in [0.3, 0.4) is 0 Å². The Morgan fingerprint density at radius 1 is 1.58 bits per heavy atom. The molecule has 1 heterocycles. The van der Waals surface area contributed by atoms with Gasteiger partial charge in [0.1, 0.15) is 5.69 Å². The monoisotopic (exact) mass is 282 g/mol. The van der Waals surface area contributed by atoms with E-state index in [1.54, 1.807) is 6.92 Å². The van der Waals surface area contributed by atoms with Crippen molar-refractivity contribution in [1.82, 2.24) is 9.78 Å². The van der Waals surface area contributed by atoms with E-state index >= 15 is 0 Å². The van der Waals surface area contributed by atoms with Crippen molar-refractivity contribution < 1.29 is 23.2 Å². The van der Waals surface area contributed by atoms with Gasteiger partial charge in [-0.25, -0.2) is 4.68 Å². The fraction of sp³-hybridized carbons (Fsp3) is 0.667. The molecular formula is C9H13F3N4O3. The van der Waals surface area contributed by atoms with Gasteiger partial charge in [-0.05, 0) is 13.8 Å². The molecule has 10 heteroatoms. The standard InChI is InChI=1S/C9H13F3N4O3/c1-3-15-8(7(16(18)19)5(2)14-15)13-4-6(17)9(10,11)12/h6,13,17H,3-4H2,1-2H3. The zero-order chi connectivity index (χ0) is 14.8. The minimum absolute atomic E-state index is 0.0934. The summed E-state index contributed by atoms with van der Waals surface area (Å²) in [6.45, 7) is 2.39. The van der Waals surface area contributed by atoms with Gasteiger partial charge >= 0.3 is 11.9 Å². The molecule has 0 saturated carbocycles. The van der Waals surface area contributed by atoms with Crippen molar-refractivity contribution in [3.63, 3.8) is 0 Å². The number of aliphatic hydroxyl groups is 1. The lowest BCUT2D eigenvalue weighted by Crippen LogP contribution is -2.35. The number of anilines is 1. The molecule has 1 aromatic rings. The first kappa shape index (κ1) is 15.2. The van der Waals surface area contributed by atoms with E-state index in [1.807, 2.05) is 0 Å². The van der Waals surface area contributed by atoms with Crippen molar-refractivity contribution in [3.8, 4) is 0 Å². The van der Waals surface area contributed by atoms with Crippen LogP contribution in [-0.4, -0.2) is 38.6 Å². The van der Waals surface area contributed by atoms with Crippen molar-refractivity contribution >= 4 is 11.5 Å². The highest BCUT2D eigenvalue weighted by Gasteiger charge is 2.38. The van der Waals surface area contributed by atoms with Crippen LogP contribution < -0.4 is 5.32 Å². The smallest absolute Gasteiger partial charge is 0.382 e. The Labute approximate surface area is 106 Å². The second kappa shape index (κ2) is 5.43. The fourth-order valence-electron chi connectivity index (χ4n) is 1.50. The Morgan fingerprint density at radius 2 is 2.16 bits per heavy atom. The zero-order valence-corrected chi connectivity index (χ0v) is 10.2. The number of halogens is 3. The maximum Gasteiger partial charge on any atom is 0.416 e. The molecule has 108 valence electrons. The van der Waals surface area contributed by atoms with Crippen LogP contribution in [0.4, 0.5) is 24.7 Å². The molecule has 0 aliphatic carbocycles. The van der Waals surface area contributed by atoms with E-state index in [2.05, 4.69) is 10.4 Å². The molecule has 1 rings (SSSR count). The van der Waals surface area contributed by atoms with Crippen LogP contribution in [0.25, 0.3) is 0 Å². The minimum Gasteiger partial charge on any atom is -0.382 e. The van der Waals surface area contributed by atoms with E-state index in [0.29, 0.717) is 0 Å². The third-order valence-corrected chi connectivity index (χ3v) is 2.42. The Kier molecular flexibility index (Phi) is 4.35. The SMILES string of the molecule is CCn1nc(C)c([N+](=O)[O-])c1NCC(O)C(F)(F)F. The van der Waals surface area contributed by atoms with Gasteiger partial charge in [-0.3, -0.25) is 10.1 Å². The maximum absolute atomic E-state index is 12.2. The summed E-state index contributed by atoms with van der Waals surface area (Å²) in [4.78, 5) is 10.1. The molecule has 0 aliphatic rings. The van der Waals surface area contributed by atoms with Crippen LogP contribution in [0.1, 0.15) is 12.6 Å². The molecule has 0 bridgehead atoms. The minimum atomic E-state index is -4.78. The third-order valence-electron chi connectivity index (χ3n) is 2.42. The highest BCUT2D eigenvalue weighted by molar-refractivity contribution is 5.59. The molecule has 19 heavy (non-hydrogen) atoms. The van der Waals surface area contributed by atoms with E-state index in [0.717, 1.165) is 0 Å². The van der Waals surface area contributed by atoms with Crippen LogP contribution >= 0.6 is 0 Å². The summed E-state index contributed by atoms with van der Waals surface area (Å²) in [7, 11) is 0. The van der Waals surface area contributed by atoms with Crippen LogP contribution in [0.15, 0.2) is 0 Å². The molecule has 0 aliphatic heterocycles. The quantitative estimate of drug-likeness (QED) is 0.630. The Bertz CT molecular complexity index is 472. The number of nitrogens with zero attached hydrogens (tertiary/aromatic N) is 3. The maximum atomic E-state index is 12.2. The van der Waals surface area contributed by atoms with E-state index in [9.17, 15) is 23.3 Å². The van der Waals surface area contributed by atoms with Gasteiger partial charge in [-0.2, -0.15) is 18.3 Å². The number of nitrogens with one attached hydrogen (secondary N) is 1. The summed E-state index contributed by atoms with van der Waals surface area (Å²) in [6.07, 6.45) is -7.39. The number of rotatable bonds is 5. The molecule has 0 spiro atoms. The van der Waals surface area contributed by atoms with E-state index in [1.165, 1.54) is 11.6 Å². The molecule has 1 unspecified atom stereocenters. The third kappa shape index (κ3) is 3.34. The van der Waals surface area contributed by atoms with Gasteiger partial charge in [0.2, 0.25) is 5.82 Å². The molecule has 1 aromatic heterocycles. The van der Waals surface area contributed by atoms with Gasteiger partial charge in [-0.15, -0.1) is 0 Å². The first-order chi connectivity index (χ1) is 8.68. The first-order valence-corrected chi connectivity index (χ1v) is 5.38. The lowest BCUT2D eigenvalue weighted by Gasteiger charge is -2.15. The second-order valence-electron chi connectivity index (χ2n) is 3.79. The Morgan fingerprint density at radius 3 is 2.58 bits per heavy atom. The highest BCUT2D eigenvalue weighted by Crippen LogP contribution is 2.29. The van der Waals surface area contributed by atoms with Gasteiger partial charge in [0.15, 0.2) is 6.10 Å².